The SMILES string of the molecule is COc1ccccc1C(=O)N1CCCN(C2=Nc3ccc(C)cc3Oc3ccc(C)cc32)CC1. The molecule has 3 aromatic carbocycles. The second-order valence-corrected chi connectivity index (χ2v) is 8.84. The number of aliphatic imine (C=N–C) groups is 1. The number of ether oxygens (including phenoxy) is 2. The average Bonchev–Trinajstić information content (AvgIpc) is 3.18. The van der Waals surface area contributed by atoms with Crippen molar-refractivity contribution in [2.45, 2.75) is 20.3 Å². The molecule has 0 spiro atoms. The molecule has 2 heterocycles. The zero-order valence-corrected chi connectivity index (χ0v) is 19.9. The molecule has 1 saturated heterocycles. The molecule has 2 aliphatic rings. The Balaban J connectivity index is 1.46. The fourth-order valence-corrected chi connectivity index (χ4v) is 4.56. The minimum absolute atomic E-state index is 0.00232. The maximum absolute atomic E-state index is 13.3. The van der Waals surface area contributed by atoms with E-state index in [1.807, 2.05) is 47.4 Å². The molecule has 6 heteroatoms. The third-order valence-corrected chi connectivity index (χ3v) is 6.36. The van der Waals surface area contributed by atoms with E-state index < -0.39 is 0 Å². The maximum atomic E-state index is 13.3. The number of benzene rings is 3. The highest BCUT2D eigenvalue weighted by atomic mass is 16.5. The number of carbonyl (C=O) groups is 1. The van der Waals surface area contributed by atoms with Crippen LogP contribution in [-0.4, -0.2) is 54.8 Å². The predicted octanol–water partition coefficient (Wildman–Crippen LogP) is 5.34. The smallest absolute Gasteiger partial charge is 0.257 e. The molecule has 1 amide bonds. The molecule has 6 nitrogen and oxygen atoms in total. The molecule has 0 aromatic heterocycles. The van der Waals surface area contributed by atoms with Crippen molar-refractivity contribution in [2.75, 3.05) is 33.3 Å². The first-order valence-corrected chi connectivity index (χ1v) is 11.7. The summed E-state index contributed by atoms with van der Waals surface area (Å²) in [6.07, 6.45) is 0.850. The molecule has 0 N–H and O–H groups in total. The van der Waals surface area contributed by atoms with E-state index in [1.165, 1.54) is 0 Å². The Labute approximate surface area is 200 Å². The van der Waals surface area contributed by atoms with Gasteiger partial charge in [0.2, 0.25) is 0 Å². The summed E-state index contributed by atoms with van der Waals surface area (Å²) < 4.78 is 11.7. The lowest BCUT2D eigenvalue weighted by Crippen LogP contribution is -2.37. The number of amidine groups is 1. The van der Waals surface area contributed by atoms with Gasteiger partial charge in [0.15, 0.2) is 5.75 Å². The van der Waals surface area contributed by atoms with Crippen LogP contribution in [0.5, 0.6) is 17.2 Å². The highest BCUT2D eigenvalue weighted by Gasteiger charge is 2.27. The van der Waals surface area contributed by atoms with E-state index in [2.05, 4.69) is 36.9 Å². The number of amides is 1. The first-order chi connectivity index (χ1) is 16.5. The summed E-state index contributed by atoms with van der Waals surface area (Å²) in [5.41, 5.74) is 4.69. The van der Waals surface area contributed by atoms with Crippen LogP contribution in [0.15, 0.2) is 65.7 Å². The molecule has 1 fully saturated rings. The Kier molecular flexibility index (Phi) is 5.97. The highest BCUT2D eigenvalue weighted by molar-refractivity contribution is 6.04. The normalized spacial score (nSPS) is 15.3. The van der Waals surface area contributed by atoms with Gasteiger partial charge in [-0.15, -0.1) is 0 Å². The summed E-state index contributed by atoms with van der Waals surface area (Å²) in [6.45, 7) is 6.93. The van der Waals surface area contributed by atoms with Crippen molar-refractivity contribution < 1.29 is 14.3 Å². The quantitative estimate of drug-likeness (QED) is 0.523. The van der Waals surface area contributed by atoms with Crippen molar-refractivity contribution >= 4 is 17.4 Å². The van der Waals surface area contributed by atoms with Crippen LogP contribution < -0.4 is 9.47 Å². The van der Waals surface area contributed by atoms with E-state index in [0.29, 0.717) is 30.9 Å². The maximum Gasteiger partial charge on any atom is 0.257 e. The van der Waals surface area contributed by atoms with Crippen molar-refractivity contribution in [2.24, 2.45) is 4.99 Å². The van der Waals surface area contributed by atoms with Crippen LogP contribution in [-0.2, 0) is 0 Å². The fourth-order valence-electron chi connectivity index (χ4n) is 4.56. The summed E-state index contributed by atoms with van der Waals surface area (Å²) in [5, 5.41) is 0. The van der Waals surface area contributed by atoms with E-state index in [4.69, 9.17) is 14.5 Å². The van der Waals surface area contributed by atoms with E-state index in [-0.39, 0.29) is 5.91 Å². The lowest BCUT2D eigenvalue weighted by Gasteiger charge is -2.25. The van der Waals surface area contributed by atoms with Crippen molar-refractivity contribution in [3.8, 4) is 17.2 Å². The number of carbonyl (C=O) groups excluding carboxylic acids is 1. The molecular formula is C28H29N3O3. The average molecular weight is 456 g/mol. The number of para-hydroxylation sites is 1. The van der Waals surface area contributed by atoms with Gasteiger partial charge in [0.25, 0.3) is 5.91 Å². The van der Waals surface area contributed by atoms with Gasteiger partial charge in [0, 0.05) is 26.2 Å². The minimum Gasteiger partial charge on any atom is -0.496 e. The molecule has 0 atom stereocenters. The first kappa shape index (κ1) is 22.0. The van der Waals surface area contributed by atoms with E-state index in [0.717, 1.165) is 52.7 Å². The minimum atomic E-state index is 0.00232. The summed E-state index contributed by atoms with van der Waals surface area (Å²) in [7, 11) is 1.60. The largest absolute Gasteiger partial charge is 0.496 e. The summed E-state index contributed by atoms with van der Waals surface area (Å²) in [5.74, 6) is 3.08. The van der Waals surface area contributed by atoms with Crippen molar-refractivity contribution in [1.82, 2.24) is 9.80 Å². The molecule has 34 heavy (non-hydrogen) atoms. The number of hydrogen-bond donors (Lipinski definition) is 0. The number of hydrogen-bond acceptors (Lipinski definition) is 5. The van der Waals surface area contributed by atoms with E-state index >= 15 is 0 Å². The Bertz CT molecular complexity index is 1270. The van der Waals surface area contributed by atoms with Crippen molar-refractivity contribution in [3.05, 3.63) is 82.9 Å². The van der Waals surface area contributed by atoms with Gasteiger partial charge in [-0.25, -0.2) is 4.99 Å². The molecule has 2 aliphatic heterocycles. The fraction of sp³-hybridized carbons (Fsp3) is 0.286. The molecule has 0 bridgehead atoms. The van der Waals surface area contributed by atoms with Gasteiger partial charge in [0.1, 0.15) is 23.0 Å². The van der Waals surface area contributed by atoms with Crippen LogP contribution in [0.4, 0.5) is 5.69 Å². The third-order valence-electron chi connectivity index (χ3n) is 6.36. The Morgan fingerprint density at radius 2 is 1.71 bits per heavy atom. The van der Waals surface area contributed by atoms with E-state index in [9.17, 15) is 4.79 Å². The summed E-state index contributed by atoms with van der Waals surface area (Å²) in [4.78, 5) is 22.6. The second-order valence-electron chi connectivity index (χ2n) is 8.84. The van der Waals surface area contributed by atoms with Gasteiger partial charge in [0.05, 0.1) is 18.2 Å². The molecule has 3 aromatic rings. The number of methoxy groups -OCH3 is 1. The van der Waals surface area contributed by atoms with Crippen LogP contribution in [0.3, 0.4) is 0 Å². The Morgan fingerprint density at radius 3 is 2.56 bits per heavy atom. The molecule has 0 unspecified atom stereocenters. The standard InChI is InChI=1S/C28H29N3O3/c1-19-10-12-25-22(17-19)27(29-23-11-9-20(2)18-26(23)34-25)30-13-6-14-31(16-15-30)28(32)21-7-4-5-8-24(21)33-3/h4-5,7-12,17-18H,6,13-16H2,1-3H3. The zero-order valence-electron chi connectivity index (χ0n) is 19.9. The Hall–Kier alpha value is -3.80. The van der Waals surface area contributed by atoms with Gasteiger partial charge in [-0.2, -0.15) is 0 Å². The number of fused-ring (bicyclic) bond motifs is 2. The van der Waals surface area contributed by atoms with Crippen molar-refractivity contribution in [1.29, 1.82) is 0 Å². The van der Waals surface area contributed by atoms with Gasteiger partial charge < -0.3 is 19.3 Å². The monoisotopic (exact) mass is 455 g/mol. The first-order valence-electron chi connectivity index (χ1n) is 11.7. The molecule has 0 saturated carbocycles. The molecule has 174 valence electrons. The second kappa shape index (κ2) is 9.21. The topological polar surface area (TPSA) is 54.4 Å². The van der Waals surface area contributed by atoms with Crippen molar-refractivity contribution in [3.63, 3.8) is 0 Å². The Morgan fingerprint density at radius 1 is 0.912 bits per heavy atom. The van der Waals surface area contributed by atoms with Crippen LogP contribution in [0.2, 0.25) is 0 Å². The van der Waals surface area contributed by atoms with E-state index in [1.54, 1.807) is 7.11 Å². The molecule has 0 aliphatic carbocycles. The van der Waals surface area contributed by atoms with Gasteiger partial charge in [-0.1, -0.05) is 29.8 Å². The molecule has 0 radical (unpaired) electrons. The third kappa shape index (κ3) is 4.23. The summed E-state index contributed by atoms with van der Waals surface area (Å²) >= 11 is 0. The van der Waals surface area contributed by atoms with Gasteiger partial charge in [-0.05, 0) is 62.2 Å². The van der Waals surface area contributed by atoms with Gasteiger partial charge >= 0.3 is 0 Å². The van der Waals surface area contributed by atoms with Crippen LogP contribution >= 0.6 is 0 Å². The van der Waals surface area contributed by atoms with Crippen LogP contribution in [0, 0.1) is 13.8 Å². The highest BCUT2D eigenvalue weighted by Crippen LogP contribution is 2.39. The summed E-state index contributed by atoms with van der Waals surface area (Å²) in [6, 6.07) is 19.7. The zero-order chi connectivity index (χ0) is 23.7. The lowest BCUT2D eigenvalue weighted by molar-refractivity contribution is 0.0760. The van der Waals surface area contributed by atoms with Gasteiger partial charge in [-0.3, -0.25) is 4.79 Å². The number of nitrogens with zero attached hydrogens (tertiary/aromatic N) is 3. The molecule has 5 rings (SSSR count). The van der Waals surface area contributed by atoms with Crippen LogP contribution in [0.1, 0.15) is 33.5 Å². The number of rotatable bonds is 2. The molecular weight excluding hydrogens is 426 g/mol. The lowest BCUT2D eigenvalue weighted by atomic mass is 10.1. The number of aryl methyl sites for hydroxylation is 2. The predicted molar refractivity (Wildman–Crippen MR) is 134 cm³/mol. The van der Waals surface area contributed by atoms with Crippen LogP contribution in [0.25, 0.3) is 0 Å².